The molecule has 0 bridgehead atoms. The standard InChI is InChI=1S/C15H17N3OS/c1-11(19)16-15-17-14(10-20-15)9-18-7-6-12-4-2-3-5-13(12)8-18/h2-5,10H,6-9H2,1H3,(H,16,17,19). The average molecular weight is 287 g/mol. The van der Waals surface area contributed by atoms with Gasteiger partial charge in [-0.3, -0.25) is 9.69 Å². The molecular formula is C15H17N3OS. The van der Waals surface area contributed by atoms with Crippen LogP contribution in [0.5, 0.6) is 0 Å². The Morgan fingerprint density at radius 2 is 2.20 bits per heavy atom. The molecule has 0 aliphatic carbocycles. The van der Waals surface area contributed by atoms with Gasteiger partial charge < -0.3 is 5.32 Å². The average Bonchev–Trinajstić information content (AvgIpc) is 2.85. The maximum Gasteiger partial charge on any atom is 0.223 e. The van der Waals surface area contributed by atoms with Gasteiger partial charge in [0.2, 0.25) is 5.91 Å². The number of carbonyl (C=O) groups excluding carboxylic acids is 1. The molecule has 1 amide bonds. The van der Waals surface area contributed by atoms with E-state index >= 15 is 0 Å². The van der Waals surface area contributed by atoms with Crippen LogP contribution in [0.1, 0.15) is 23.7 Å². The number of benzene rings is 1. The Morgan fingerprint density at radius 3 is 3.00 bits per heavy atom. The zero-order valence-corrected chi connectivity index (χ0v) is 12.2. The molecule has 0 unspecified atom stereocenters. The lowest BCUT2D eigenvalue weighted by Gasteiger charge is -2.27. The second-order valence-corrected chi connectivity index (χ2v) is 5.91. The molecule has 0 saturated heterocycles. The molecule has 5 heteroatoms. The van der Waals surface area contributed by atoms with Gasteiger partial charge in [0.15, 0.2) is 5.13 Å². The Morgan fingerprint density at radius 1 is 1.40 bits per heavy atom. The maximum absolute atomic E-state index is 11.0. The van der Waals surface area contributed by atoms with Crippen molar-refractivity contribution >= 4 is 22.4 Å². The maximum atomic E-state index is 11.0. The summed E-state index contributed by atoms with van der Waals surface area (Å²) in [7, 11) is 0. The van der Waals surface area contributed by atoms with Crippen molar-refractivity contribution in [3.8, 4) is 0 Å². The van der Waals surface area contributed by atoms with Crippen LogP contribution in [0.25, 0.3) is 0 Å². The van der Waals surface area contributed by atoms with E-state index in [9.17, 15) is 4.79 Å². The van der Waals surface area contributed by atoms with Crippen LogP contribution in [0.2, 0.25) is 0 Å². The molecule has 1 aromatic carbocycles. The van der Waals surface area contributed by atoms with E-state index in [2.05, 4.69) is 39.5 Å². The highest BCUT2D eigenvalue weighted by Crippen LogP contribution is 2.22. The number of anilines is 1. The van der Waals surface area contributed by atoms with Gasteiger partial charge in [0.05, 0.1) is 5.69 Å². The molecular weight excluding hydrogens is 270 g/mol. The van der Waals surface area contributed by atoms with E-state index in [1.807, 2.05) is 5.38 Å². The number of fused-ring (bicyclic) bond motifs is 1. The molecule has 2 heterocycles. The number of aromatic nitrogens is 1. The number of rotatable bonds is 3. The quantitative estimate of drug-likeness (QED) is 0.944. The number of thiazole rings is 1. The normalized spacial score (nSPS) is 14.8. The van der Waals surface area contributed by atoms with E-state index in [1.54, 1.807) is 0 Å². The van der Waals surface area contributed by atoms with Crippen molar-refractivity contribution in [1.29, 1.82) is 0 Å². The first-order chi connectivity index (χ1) is 9.70. The lowest BCUT2D eigenvalue weighted by molar-refractivity contribution is -0.114. The summed E-state index contributed by atoms with van der Waals surface area (Å²) >= 11 is 1.48. The third kappa shape index (κ3) is 3.05. The topological polar surface area (TPSA) is 45.2 Å². The van der Waals surface area contributed by atoms with Crippen LogP contribution >= 0.6 is 11.3 Å². The summed E-state index contributed by atoms with van der Waals surface area (Å²) in [5.74, 6) is -0.0715. The van der Waals surface area contributed by atoms with Gasteiger partial charge in [0.1, 0.15) is 0 Å². The van der Waals surface area contributed by atoms with Gasteiger partial charge >= 0.3 is 0 Å². The fraction of sp³-hybridized carbons (Fsp3) is 0.333. The first-order valence-corrected chi connectivity index (χ1v) is 7.60. The molecule has 1 aromatic heterocycles. The van der Waals surface area contributed by atoms with Gasteiger partial charge in [-0.1, -0.05) is 24.3 Å². The Labute approximate surface area is 122 Å². The summed E-state index contributed by atoms with van der Waals surface area (Å²) in [6.45, 7) is 4.38. The number of hydrogen-bond acceptors (Lipinski definition) is 4. The smallest absolute Gasteiger partial charge is 0.223 e. The Balaban J connectivity index is 1.64. The molecule has 1 N–H and O–H groups in total. The molecule has 0 radical (unpaired) electrons. The Bertz CT molecular complexity index is 623. The predicted molar refractivity (Wildman–Crippen MR) is 80.7 cm³/mol. The molecule has 3 rings (SSSR count). The molecule has 104 valence electrons. The highest BCUT2D eigenvalue weighted by molar-refractivity contribution is 7.13. The summed E-state index contributed by atoms with van der Waals surface area (Å²) < 4.78 is 0. The minimum atomic E-state index is -0.0715. The molecule has 1 aliphatic heterocycles. The summed E-state index contributed by atoms with van der Waals surface area (Å²) in [4.78, 5) is 17.8. The zero-order chi connectivity index (χ0) is 13.9. The van der Waals surface area contributed by atoms with Gasteiger partial charge in [-0.2, -0.15) is 0 Å². The number of nitrogens with one attached hydrogen (secondary N) is 1. The van der Waals surface area contributed by atoms with Gasteiger partial charge in [-0.25, -0.2) is 4.98 Å². The minimum Gasteiger partial charge on any atom is -0.302 e. The molecule has 4 nitrogen and oxygen atoms in total. The van der Waals surface area contributed by atoms with E-state index in [-0.39, 0.29) is 5.91 Å². The lowest BCUT2D eigenvalue weighted by Crippen LogP contribution is -2.30. The third-order valence-electron chi connectivity index (χ3n) is 3.43. The zero-order valence-electron chi connectivity index (χ0n) is 11.4. The SMILES string of the molecule is CC(=O)Nc1nc(CN2CCc3ccccc3C2)cs1. The Kier molecular flexibility index (Phi) is 3.80. The number of amides is 1. The van der Waals surface area contributed by atoms with Crippen LogP contribution in [0.4, 0.5) is 5.13 Å². The fourth-order valence-electron chi connectivity index (χ4n) is 2.51. The number of nitrogens with zero attached hydrogens (tertiary/aromatic N) is 2. The van der Waals surface area contributed by atoms with Crippen molar-refractivity contribution < 1.29 is 4.79 Å². The van der Waals surface area contributed by atoms with Gasteiger partial charge in [-0.05, 0) is 17.5 Å². The number of hydrogen-bond donors (Lipinski definition) is 1. The monoisotopic (exact) mass is 287 g/mol. The summed E-state index contributed by atoms with van der Waals surface area (Å²) in [5.41, 5.74) is 3.90. The van der Waals surface area contributed by atoms with Crippen LogP contribution in [-0.4, -0.2) is 22.3 Å². The first-order valence-electron chi connectivity index (χ1n) is 6.72. The minimum absolute atomic E-state index is 0.0715. The van der Waals surface area contributed by atoms with Crippen molar-refractivity contribution in [2.45, 2.75) is 26.4 Å². The third-order valence-corrected chi connectivity index (χ3v) is 4.24. The van der Waals surface area contributed by atoms with E-state index in [4.69, 9.17) is 0 Å². The van der Waals surface area contributed by atoms with Crippen molar-refractivity contribution in [1.82, 2.24) is 9.88 Å². The second-order valence-electron chi connectivity index (χ2n) is 5.05. The summed E-state index contributed by atoms with van der Waals surface area (Å²) in [6, 6.07) is 8.62. The van der Waals surface area contributed by atoms with E-state index in [1.165, 1.54) is 29.4 Å². The van der Waals surface area contributed by atoms with Crippen LogP contribution in [-0.2, 0) is 24.3 Å². The molecule has 0 spiro atoms. The highest BCUT2D eigenvalue weighted by atomic mass is 32.1. The van der Waals surface area contributed by atoms with Gasteiger partial charge in [0, 0.05) is 31.9 Å². The summed E-state index contributed by atoms with van der Waals surface area (Å²) in [5, 5.41) is 5.43. The van der Waals surface area contributed by atoms with Gasteiger partial charge in [-0.15, -0.1) is 11.3 Å². The largest absolute Gasteiger partial charge is 0.302 e. The summed E-state index contributed by atoms with van der Waals surface area (Å²) in [6.07, 6.45) is 1.10. The predicted octanol–water partition coefficient (Wildman–Crippen LogP) is 2.66. The van der Waals surface area contributed by atoms with Crippen LogP contribution < -0.4 is 5.32 Å². The molecule has 0 saturated carbocycles. The van der Waals surface area contributed by atoms with Crippen molar-refractivity contribution in [3.05, 3.63) is 46.5 Å². The van der Waals surface area contributed by atoms with E-state index in [0.29, 0.717) is 5.13 Å². The Hall–Kier alpha value is -1.72. The van der Waals surface area contributed by atoms with Crippen LogP contribution in [0.15, 0.2) is 29.6 Å². The fourth-order valence-corrected chi connectivity index (χ4v) is 3.25. The second kappa shape index (κ2) is 5.73. The number of carbonyl (C=O) groups is 1. The van der Waals surface area contributed by atoms with Crippen LogP contribution in [0, 0.1) is 0 Å². The molecule has 2 aromatic rings. The van der Waals surface area contributed by atoms with Crippen molar-refractivity contribution in [2.75, 3.05) is 11.9 Å². The van der Waals surface area contributed by atoms with Crippen molar-refractivity contribution in [2.24, 2.45) is 0 Å². The first kappa shape index (κ1) is 13.3. The highest BCUT2D eigenvalue weighted by Gasteiger charge is 2.16. The lowest BCUT2D eigenvalue weighted by atomic mass is 10.00. The van der Waals surface area contributed by atoms with Crippen molar-refractivity contribution in [3.63, 3.8) is 0 Å². The van der Waals surface area contributed by atoms with Crippen LogP contribution in [0.3, 0.4) is 0 Å². The molecule has 20 heavy (non-hydrogen) atoms. The van der Waals surface area contributed by atoms with Gasteiger partial charge in [0.25, 0.3) is 0 Å². The molecule has 1 aliphatic rings. The molecule has 0 fully saturated rings. The van der Waals surface area contributed by atoms with E-state index in [0.717, 1.165) is 31.7 Å². The van der Waals surface area contributed by atoms with E-state index < -0.39 is 0 Å². The molecule has 0 atom stereocenters.